The van der Waals surface area contributed by atoms with Gasteiger partial charge in [0.15, 0.2) is 0 Å². The fourth-order valence-corrected chi connectivity index (χ4v) is 4.05. The first kappa shape index (κ1) is 15.9. The molecule has 0 saturated carbocycles. The number of likely N-dealkylation sites (tertiary alicyclic amines) is 1. The van der Waals surface area contributed by atoms with Crippen LogP contribution in [0.1, 0.15) is 29.9 Å². The van der Waals surface area contributed by atoms with Gasteiger partial charge in [0.1, 0.15) is 0 Å². The molecule has 0 aromatic heterocycles. The summed E-state index contributed by atoms with van der Waals surface area (Å²) in [5.41, 5.74) is 2.62. The maximum absolute atomic E-state index is 11.1. The highest BCUT2D eigenvalue weighted by Crippen LogP contribution is 2.37. The highest BCUT2D eigenvalue weighted by atomic mass is 32.2. The average Bonchev–Trinajstić information content (AvgIpc) is 2.57. The molecule has 1 N–H and O–H groups in total. The summed E-state index contributed by atoms with van der Waals surface area (Å²) in [6.07, 6.45) is 1.00. The van der Waals surface area contributed by atoms with Crippen molar-refractivity contribution >= 4 is 17.9 Å². The number of aryl methyl sites for hydroxylation is 1. The Morgan fingerprint density at radius 3 is 2.39 bits per heavy atom. The fourth-order valence-electron chi connectivity index (χ4n) is 3.03. The van der Waals surface area contributed by atoms with Crippen LogP contribution in [-0.2, 0) is 0 Å². The minimum Gasteiger partial charge on any atom is -0.465 e. The monoisotopic (exact) mass is 327 g/mol. The Morgan fingerprint density at radius 1 is 1.09 bits per heavy atom. The zero-order chi connectivity index (χ0) is 16.2. The zero-order valence-corrected chi connectivity index (χ0v) is 14.1. The van der Waals surface area contributed by atoms with Gasteiger partial charge in [0.2, 0.25) is 0 Å². The van der Waals surface area contributed by atoms with Crippen molar-refractivity contribution in [1.82, 2.24) is 4.90 Å². The van der Waals surface area contributed by atoms with Gasteiger partial charge in [-0.3, -0.25) is 0 Å². The average molecular weight is 327 g/mol. The summed E-state index contributed by atoms with van der Waals surface area (Å²) in [5.74, 6) is 0.444. The summed E-state index contributed by atoms with van der Waals surface area (Å²) in [7, 11) is 0. The minimum atomic E-state index is -0.800. The van der Waals surface area contributed by atoms with Gasteiger partial charge in [0.05, 0.1) is 0 Å². The van der Waals surface area contributed by atoms with E-state index in [-0.39, 0.29) is 0 Å². The van der Waals surface area contributed by atoms with Crippen LogP contribution in [0.15, 0.2) is 58.3 Å². The molecule has 0 atom stereocenters. The van der Waals surface area contributed by atoms with Crippen molar-refractivity contribution in [2.45, 2.75) is 35.5 Å². The van der Waals surface area contributed by atoms with Gasteiger partial charge < -0.3 is 10.0 Å². The van der Waals surface area contributed by atoms with E-state index in [2.05, 4.69) is 55.5 Å². The second-order valence-corrected chi connectivity index (χ2v) is 7.11. The van der Waals surface area contributed by atoms with Crippen LogP contribution in [0, 0.1) is 6.92 Å². The first-order valence-corrected chi connectivity index (χ1v) is 8.76. The molecule has 2 aromatic carbocycles. The van der Waals surface area contributed by atoms with Crippen LogP contribution in [0.3, 0.4) is 0 Å². The lowest BCUT2D eigenvalue weighted by Gasteiger charge is -2.31. The first-order chi connectivity index (χ1) is 11.1. The molecule has 3 rings (SSSR count). The van der Waals surface area contributed by atoms with E-state index in [1.807, 2.05) is 0 Å². The normalized spacial score (nSPS) is 15.6. The predicted octanol–water partition coefficient (Wildman–Crippen LogP) is 5.00. The Labute approximate surface area is 141 Å². The molecular weight excluding hydrogens is 306 g/mol. The summed E-state index contributed by atoms with van der Waals surface area (Å²) in [6.45, 7) is 3.35. The Bertz CT molecular complexity index is 676. The quantitative estimate of drug-likeness (QED) is 0.862. The molecule has 120 valence electrons. The van der Waals surface area contributed by atoms with Crippen LogP contribution in [0.25, 0.3) is 0 Å². The topological polar surface area (TPSA) is 40.5 Å². The predicted molar refractivity (Wildman–Crippen MR) is 93.3 cm³/mol. The van der Waals surface area contributed by atoms with Crippen LogP contribution in [0.2, 0.25) is 0 Å². The molecule has 0 radical (unpaired) electrons. The number of hydrogen-bond donors (Lipinski definition) is 1. The number of amides is 1. The third-order valence-electron chi connectivity index (χ3n) is 4.37. The van der Waals surface area contributed by atoms with Crippen molar-refractivity contribution in [2.24, 2.45) is 0 Å². The van der Waals surface area contributed by atoms with Gasteiger partial charge in [-0.05, 0) is 49.4 Å². The van der Waals surface area contributed by atoms with Crippen LogP contribution in [0.4, 0.5) is 4.79 Å². The van der Waals surface area contributed by atoms with E-state index in [1.165, 1.54) is 25.8 Å². The molecule has 23 heavy (non-hydrogen) atoms. The number of benzene rings is 2. The molecule has 1 aliphatic rings. The van der Waals surface area contributed by atoms with Crippen molar-refractivity contribution in [3.63, 3.8) is 0 Å². The lowest BCUT2D eigenvalue weighted by molar-refractivity contribution is 0.132. The molecule has 2 aromatic rings. The Kier molecular flexibility index (Phi) is 4.91. The molecule has 1 aliphatic heterocycles. The van der Waals surface area contributed by atoms with E-state index >= 15 is 0 Å². The summed E-state index contributed by atoms with van der Waals surface area (Å²) in [4.78, 5) is 15.1. The number of nitrogens with zero attached hydrogens (tertiary/aromatic N) is 1. The first-order valence-electron chi connectivity index (χ1n) is 7.95. The Balaban J connectivity index is 1.76. The highest BCUT2D eigenvalue weighted by Gasteiger charge is 2.24. The van der Waals surface area contributed by atoms with Crippen molar-refractivity contribution in [2.75, 3.05) is 13.1 Å². The number of carboxylic acid groups (broad SMARTS) is 1. The van der Waals surface area contributed by atoms with Gasteiger partial charge in [-0.2, -0.15) is 0 Å². The number of piperidine rings is 1. The van der Waals surface area contributed by atoms with Crippen molar-refractivity contribution < 1.29 is 9.90 Å². The zero-order valence-electron chi connectivity index (χ0n) is 13.2. The molecule has 0 bridgehead atoms. The molecule has 0 aliphatic carbocycles. The summed E-state index contributed by atoms with van der Waals surface area (Å²) in [5, 5.41) is 9.09. The van der Waals surface area contributed by atoms with Crippen molar-refractivity contribution in [3.05, 3.63) is 59.7 Å². The van der Waals surface area contributed by atoms with Gasteiger partial charge in [-0.1, -0.05) is 47.7 Å². The van der Waals surface area contributed by atoms with E-state index in [9.17, 15) is 4.79 Å². The maximum Gasteiger partial charge on any atom is 0.407 e. The molecule has 1 heterocycles. The maximum atomic E-state index is 11.1. The number of rotatable bonds is 3. The molecule has 0 spiro atoms. The van der Waals surface area contributed by atoms with Crippen LogP contribution in [0.5, 0.6) is 0 Å². The number of carbonyl (C=O) groups is 1. The van der Waals surface area contributed by atoms with Crippen LogP contribution in [-0.4, -0.2) is 29.2 Å². The van der Waals surface area contributed by atoms with Gasteiger partial charge in [-0.15, -0.1) is 0 Å². The van der Waals surface area contributed by atoms with E-state index in [1.54, 1.807) is 11.8 Å². The van der Waals surface area contributed by atoms with Crippen LogP contribution < -0.4 is 0 Å². The Morgan fingerprint density at radius 2 is 1.74 bits per heavy atom. The third kappa shape index (κ3) is 3.88. The van der Waals surface area contributed by atoms with Gasteiger partial charge in [-0.25, -0.2) is 4.79 Å². The summed E-state index contributed by atoms with van der Waals surface area (Å²) >= 11 is 1.79. The lowest BCUT2D eigenvalue weighted by atomic mass is 9.89. The van der Waals surface area contributed by atoms with E-state index in [4.69, 9.17) is 5.11 Å². The largest absolute Gasteiger partial charge is 0.465 e. The summed E-state index contributed by atoms with van der Waals surface area (Å²) in [6, 6.07) is 17.1. The smallest absolute Gasteiger partial charge is 0.407 e. The minimum absolute atomic E-state index is 0.444. The summed E-state index contributed by atoms with van der Waals surface area (Å²) < 4.78 is 0. The van der Waals surface area contributed by atoms with Gasteiger partial charge in [0.25, 0.3) is 0 Å². The van der Waals surface area contributed by atoms with Gasteiger partial charge >= 0.3 is 6.09 Å². The van der Waals surface area contributed by atoms with Crippen LogP contribution >= 0.6 is 11.8 Å². The molecule has 4 heteroatoms. The molecular formula is C19H21NO2S. The second-order valence-electron chi connectivity index (χ2n) is 6.00. The standard InChI is InChI=1S/C19H21NO2S/c1-14-6-8-16(9-7-14)23-18-5-3-2-4-17(18)15-10-12-20(13-11-15)19(21)22/h2-9,15H,10-13H2,1H3,(H,21,22). The second kappa shape index (κ2) is 7.09. The van der Waals surface area contributed by atoms with Crippen molar-refractivity contribution in [3.8, 4) is 0 Å². The highest BCUT2D eigenvalue weighted by molar-refractivity contribution is 7.99. The molecule has 1 amide bonds. The molecule has 1 fully saturated rings. The molecule has 1 saturated heterocycles. The van der Waals surface area contributed by atoms with E-state index < -0.39 is 6.09 Å². The Hall–Kier alpha value is -1.94. The van der Waals surface area contributed by atoms with Crippen molar-refractivity contribution in [1.29, 1.82) is 0 Å². The third-order valence-corrected chi connectivity index (χ3v) is 5.47. The SMILES string of the molecule is Cc1ccc(Sc2ccccc2C2CCN(C(=O)O)CC2)cc1. The fraction of sp³-hybridized carbons (Fsp3) is 0.316. The van der Waals surface area contributed by atoms with Gasteiger partial charge in [0, 0.05) is 22.9 Å². The number of hydrogen-bond acceptors (Lipinski definition) is 2. The van der Waals surface area contributed by atoms with E-state index in [0.29, 0.717) is 19.0 Å². The van der Waals surface area contributed by atoms with E-state index in [0.717, 1.165) is 12.8 Å². The lowest BCUT2D eigenvalue weighted by Crippen LogP contribution is -2.36. The molecule has 3 nitrogen and oxygen atoms in total. The molecule has 0 unspecified atom stereocenters.